The van der Waals surface area contributed by atoms with Crippen LogP contribution in [0.2, 0.25) is 0 Å². The van der Waals surface area contributed by atoms with Crippen molar-refractivity contribution in [3.8, 4) is 0 Å². The third-order valence-corrected chi connectivity index (χ3v) is 4.07. The first-order valence-corrected chi connectivity index (χ1v) is 6.84. The van der Waals surface area contributed by atoms with E-state index in [1.54, 1.807) is 0 Å². The summed E-state index contributed by atoms with van der Waals surface area (Å²) in [6.07, 6.45) is 1.34. The molecule has 1 aliphatic rings. The summed E-state index contributed by atoms with van der Waals surface area (Å²) < 4.78 is 0. The molecule has 3 N–H and O–H groups in total. The van der Waals surface area contributed by atoms with Crippen molar-refractivity contribution in [3.63, 3.8) is 0 Å². The maximum atomic E-state index is 12.4. The second-order valence-corrected chi connectivity index (χ2v) is 5.25. The molecular weight excluding hydrogens is 240 g/mol. The molecule has 2 unspecified atom stereocenters. The maximum Gasteiger partial charge on any atom is 0.227 e. The number of benzene rings is 1. The van der Waals surface area contributed by atoms with Crippen LogP contribution in [-0.2, 0) is 17.8 Å². The number of aliphatic hydroxyl groups is 1. The third-order valence-electron chi connectivity index (χ3n) is 4.07. The number of carbonyl (C=O) groups is 1. The topological polar surface area (TPSA) is 66.6 Å². The number of rotatable bonds is 4. The van der Waals surface area contributed by atoms with Crippen LogP contribution in [0.4, 0.5) is 0 Å². The first kappa shape index (κ1) is 14.0. The van der Waals surface area contributed by atoms with Crippen LogP contribution >= 0.6 is 0 Å². The minimum absolute atomic E-state index is 0.0301. The Balaban J connectivity index is 2.09. The van der Waals surface area contributed by atoms with Crippen LogP contribution in [0.3, 0.4) is 0 Å². The Bertz CT molecular complexity index is 448. The van der Waals surface area contributed by atoms with Crippen LogP contribution in [0.25, 0.3) is 0 Å². The van der Waals surface area contributed by atoms with Gasteiger partial charge in [0.2, 0.25) is 5.91 Å². The van der Waals surface area contributed by atoms with E-state index in [4.69, 9.17) is 5.73 Å². The Labute approximate surface area is 114 Å². The molecule has 1 heterocycles. The Hall–Kier alpha value is -1.39. The number of hydrogen-bond donors (Lipinski definition) is 2. The molecule has 1 saturated heterocycles. The highest BCUT2D eigenvalue weighted by Crippen LogP contribution is 2.24. The van der Waals surface area contributed by atoms with Gasteiger partial charge < -0.3 is 15.7 Å². The molecule has 1 fully saturated rings. The third kappa shape index (κ3) is 2.96. The van der Waals surface area contributed by atoms with Crippen LogP contribution in [0.15, 0.2) is 24.3 Å². The molecule has 1 aromatic carbocycles. The summed E-state index contributed by atoms with van der Waals surface area (Å²) in [7, 11) is 0. The van der Waals surface area contributed by atoms with Crippen LogP contribution in [0.5, 0.6) is 0 Å². The normalized spacial score (nSPS) is 22.8. The van der Waals surface area contributed by atoms with E-state index in [-0.39, 0.29) is 18.6 Å². The van der Waals surface area contributed by atoms with Crippen molar-refractivity contribution in [3.05, 3.63) is 35.4 Å². The summed E-state index contributed by atoms with van der Waals surface area (Å²) in [5, 5.41) is 9.41. The molecule has 1 aromatic rings. The number of likely N-dealkylation sites (tertiary alicyclic amines) is 1. The number of amides is 1. The molecular formula is C15H22N2O2. The van der Waals surface area contributed by atoms with Crippen molar-refractivity contribution in [1.82, 2.24) is 4.90 Å². The lowest BCUT2D eigenvalue weighted by Gasteiger charge is -2.25. The zero-order chi connectivity index (χ0) is 13.8. The van der Waals surface area contributed by atoms with Crippen LogP contribution < -0.4 is 5.73 Å². The predicted molar refractivity (Wildman–Crippen MR) is 74.4 cm³/mol. The number of carbonyl (C=O) groups excluding carboxylic acids is 1. The van der Waals surface area contributed by atoms with E-state index in [0.717, 1.165) is 24.1 Å². The maximum absolute atomic E-state index is 12.4. The van der Waals surface area contributed by atoms with Crippen molar-refractivity contribution >= 4 is 5.91 Å². The average molecular weight is 262 g/mol. The summed E-state index contributed by atoms with van der Waals surface area (Å²) in [6, 6.07) is 7.74. The van der Waals surface area contributed by atoms with Crippen LogP contribution in [0, 0.1) is 5.92 Å². The van der Waals surface area contributed by atoms with Gasteiger partial charge in [0.15, 0.2) is 0 Å². The fourth-order valence-corrected chi connectivity index (χ4v) is 2.79. The SMILES string of the molecule is CC1CCN(C(=O)Cc2ccccc2CN)C1CO. The monoisotopic (exact) mass is 262 g/mol. The fourth-order valence-electron chi connectivity index (χ4n) is 2.79. The van der Waals surface area contributed by atoms with Gasteiger partial charge in [-0.15, -0.1) is 0 Å². The van der Waals surface area contributed by atoms with E-state index in [2.05, 4.69) is 6.92 Å². The van der Waals surface area contributed by atoms with Gasteiger partial charge in [-0.3, -0.25) is 4.79 Å². The van der Waals surface area contributed by atoms with Gasteiger partial charge in [0.1, 0.15) is 0 Å². The Morgan fingerprint density at radius 2 is 2.11 bits per heavy atom. The second-order valence-electron chi connectivity index (χ2n) is 5.25. The molecule has 1 aliphatic heterocycles. The molecule has 1 amide bonds. The first-order chi connectivity index (χ1) is 9.17. The standard InChI is InChI=1S/C15H22N2O2/c1-11-6-7-17(14(11)10-18)15(19)8-12-4-2-3-5-13(12)9-16/h2-5,11,14,18H,6-10,16H2,1H3. The summed E-state index contributed by atoms with van der Waals surface area (Å²) >= 11 is 0. The highest BCUT2D eigenvalue weighted by atomic mass is 16.3. The summed E-state index contributed by atoms with van der Waals surface area (Å²) in [5.41, 5.74) is 7.70. The highest BCUT2D eigenvalue weighted by Gasteiger charge is 2.33. The summed E-state index contributed by atoms with van der Waals surface area (Å²) in [5.74, 6) is 0.461. The number of nitrogens with two attached hydrogens (primary N) is 1. The van der Waals surface area contributed by atoms with Gasteiger partial charge in [0.25, 0.3) is 0 Å². The van der Waals surface area contributed by atoms with Crippen molar-refractivity contribution in [2.24, 2.45) is 11.7 Å². The van der Waals surface area contributed by atoms with Gasteiger partial charge in [-0.05, 0) is 23.5 Å². The minimum Gasteiger partial charge on any atom is -0.394 e. The van der Waals surface area contributed by atoms with Gasteiger partial charge in [-0.2, -0.15) is 0 Å². The summed E-state index contributed by atoms with van der Waals surface area (Å²) in [4.78, 5) is 14.2. The molecule has 0 saturated carbocycles. The molecule has 2 atom stereocenters. The van der Waals surface area contributed by atoms with E-state index >= 15 is 0 Å². The molecule has 0 aromatic heterocycles. The van der Waals surface area contributed by atoms with Crippen LogP contribution in [0.1, 0.15) is 24.5 Å². The lowest BCUT2D eigenvalue weighted by atomic mass is 10.0. The van der Waals surface area contributed by atoms with E-state index < -0.39 is 0 Å². The quantitative estimate of drug-likeness (QED) is 0.848. The van der Waals surface area contributed by atoms with Crippen LogP contribution in [-0.4, -0.2) is 35.1 Å². The zero-order valence-corrected chi connectivity index (χ0v) is 11.4. The molecule has 4 nitrogen and oxygen atoms in total. The highest BCUT2D eigenvalue weighted by molar-refractivity contribution is 5.79. The first-order valence-electron chi connectivity index (χ1n) is 6.84. The average Bonchev–Trinajstić information content (AvgIpc) is 2.80. The molecule has 0 bridgehead atoms. The van der Waals surface area contributed by atoms with E-state index in [1.807, 2.05) is 29.2 Å². The smallest absolute Gasteiger partial charge is 0.227 e. The van der Waals surface area contributed by atoms with E-state index in [9.17, 15) is 9.90 Å². The fraction of sp³-hybridized carbons (Fsp3) is 0.533. The predicted octanol–water partition coefficient (Wildman–Crippen LogP) is 0.917. The van der Waals surface area contributed by atoms with Crippen molar-refractivity contribution < 1.29 is 9.90 Å². The molecule has 2 rings (SSSR count). The largest absolute Gasteiger partial charge is 0.394 e. The Morgan fingerprint density at radius 1 is 1.42 bits per heavy atom. The molecule has 0 spiro atoms. The number of nitrogens with zero attached hydrogens (tertiary/aromatic N) is 1. The molecule has 0 radical (unpaired) electrons. The van der Waals surface area contributed by atoms with Gasteiger partial charge >= 0.3 is 0 Å². The zero-order valence-electron chi connectivity index (χ0n) is 11.4. The second kappa shape index (κ2) is 6.17. The Kier molecular flexibility index (Phi) is 4.56. The van der Waals surface area contributed by atoms with Gasteiger partial charge in [-0.25, -0.2) is 0 Å². The lowest BCUT2D eigenvalue weighted by Crippen LogP contribution is -2.40. The molecule has 0 aliphatic carbocycles. The van der Waals surface area contributed by atoms with Crippen molar-refractivity contribution in [2.45, 2.75) is 32.4 Å². The lowest BCUT2D eigenvalue weighted by molar-refractivity contribution is -0.132. The van der Waals surface area contributed by atoms with Gasteiger partial charge in [-0.1, -0.05) is 31.2 Å². The van der Waals surface area contributed by atoms with Crippen molar-refractivity contribution in [2.75, 3.05) is 13.2 Å². The van der Waals surface area contributed by atoms with Gasteiger partial charge in [0, 0.05) is 13.1 Å². The summed E-state index contributed by atoms with van der Waals surface area (Å²) in [6.45, 7) is 3.33. The molecule has 104 valence electrons. The Morgan fingerprint density at radius 3 is 2.74 bits per heavy atom. The van der Waals surface area contributed by atoms with Crippen molar-refractivity contribution in [1.29, 1.82) is 0 Å². The van der Waals surface area contributed by atoms with E-state index in [0.29, 0.717) is 18.9 Å². The number of aliphatic hydroxyl groups excluding tert-OH is 1. The molecule has 19 heavy (non-hydrogen) atoms. The van der Waals surface area contributed by atoms with E-state index in [1.165, 1.54) is 0 Å². The number of hydrogen-bond acceptors (Lipinski definition) is 3. The minimum atomic E-state index is -0.0301. The molecule has 4 heteroatoms. The van der Waals surface area contributed by atoms with Gasteiger partial charge in [0.05, 0.1) is 19.1 Å².